The van der Waals surface area contributed by atoms with Crippen molar-refractivity contribution in [1.82, 2.24) is 9.97 Å². The van der Waals surface area contributed by atoms with Crippen molar-refractivity contribution in [3.05, 3.63) is 41.2 Å². The third kappa shape index (κ3) is 2.14. The van der Waals surface area contributed by atoms with Crippen molar-refractivity contribution in [2.24, 2.45) is 0 Å². The molecule has 0 unspecified atom stereocenters. The average Bonchev–Trinajstić information content (AvgIpc) is 2.30. The Kier molecular flexibility index (Phi) is 3.06. The van der Waals surface area contributed by atoms with Crippen LogP contribution in [0.3, 0.4) is 0 Å². The van der Waals surface area contributed by atoms with Crippen LogP contribution in [-0.2, 0) is 0 Å². The average molecular weight is 234 g/mol. The van der Waals surface area contributed by atoms with Gasteiger partial charge in [0.15, 0.2) is 5.82 Å². The molecule has 1 aromatic heterocycles. The molecule has 0 aliphatic carbocycles. The second kappa shape index (κ2) is 4.49. The molecule has 2 rings (SSSR count). The molecule has 0 saturated heterocycles. The molecular formula is C12H12ClN3. The zero-order valence-electron chi connectivity index (χ0n) is 9.16. The fourth-order valence-corrected chi connectivity index (χ4v) is 1.58. The lowest BCUT2D eigenvalue weighted by Gasteiger charge is -2.06. The summed E-state index contributed by atoms with van der Waals surface area (Å²) >= 11 is 5.83. The third-order valence-corrected chi connectivity index (χ3v) is 2.60. The van der Waals surface area contributed by atoms with Gasteiger partial charge < -0.3 is 5.32 Å². The number of hydrogen-bond donors (Lipinski definition) is 1. The van der Waals surface area contributed by atoms with Gasteiger partial charge in [0.2, 0.25) is 0 Å². The fourth-order valence-electron chi connectivity index (χ4n) is 1.45. The predicted octanol–water partition coefficient (Wildman–Crippen LogP) is 3.15. The van der Waals surface area contributed by atoms with Gasteiger partial charge in [0.1, 0.15) is 0 Å². The molecule has 1 heterocycles. The molecule has 16 heavy (non-hydrogen) atoms. The van der Waals surface area contributed by atoms with Crippen molar-refractivity contribution >= 4 is 17.3 Å². The van der Waals surface area contributed by atoms with Crippen LogP contribution >= 0.6 is 11.6 Å². The van der Waals surface area contributed by atoms with Crippen LogP contribution in [0.5, 0.6) is 0 Å². The Morgan fingerprint density at radius 2 is 1.88 bits per heavy atom. The summed E-state index contributed by atoms with van der Waals surface area (Å²) in [6.45, 7) is 1.95. The monoisotopic (exact) mass is 233 g/mol. The van der Waals surface area contributed by atoms with E-state index in [1.54, 1.807) is 6.20 Å². The molecule has 0 bridgehead atoms. The van der Waals surface area contributed by atoms with Gasteiger partial charge >= 0.3 is 0 Å². The highest BCUT2D eigenvalue weighted by Crippen LogP contribution is 2.20. The number of anilines is 1. The SMILES string of the molecule is CNc1cnc(-c2ccc(Cl)cc2)nc1C. The molecule has 82 valence electrons. The highest BCUT2D eigenvalue weighted by molar-refractivity contribution is 6.30. The summed E-state index contributed by atoms with van der Waals surface area (Å²) in [5, 5.41) is 3.75. The maximum absolute atomic E-state index is 5.83. The van der Waals surface area contributed by atoms with Gasteiger partial charge in [-0.05, 0) is 31.2 Å². The number of nitrogens with zero attached hydrogens (tertiary/aromatic N) is 2. The first kappa shape index (κ1) is 10.9. The molecule has 2 aromatic rings. The van der Waals surface area contributed by atoms with E-state index in [9.17, 15) is 0 Å². The Morgan fingerprint density at radius 1 is 1.19 bits per heavy atom. The van der Waals surface area contributed by atoms with E-state index in [2.05, 4.69) is 15.3 Å². The van der Waals surface area contributed by atoms with Crippen LogP contribution in [-0.4, -0.2) is 17.0 Å². The lowest BCUT2D eigenvalue weighted by molar-refractivity contribution is 1.11. The quantitative estimate of drug-likeness (QED) is 0.866. The Bertz CT molecular complexity index is 494. The number of nitrogens with one attached hydrogen (secondary N) is 1. The molecule has 1 aromatic carbocycles. The Hall–Kier alpha value is -1.61. The van der Waals surface area contributed by atoms with E-state index < -0.39 is 0 Å². The van der Waals surface area contributed by atoms with Gasteiger partial charge in [-0.3, -0.25) is 0 Å². The van der Waals surface area contributed by atoms with Crippen LogP contribution < -0.4 is 5.32 Å². The van der Waals surface area contributed by atoms with E-state index in [1.807, 2.05) is 38.2 Å². The highest BCUT2D eigenvalue weighted by atomic mass is 35.5. The molecule has 4 heteroatoms. The van der Waals surface area contributed by atoms with Crippen molar-refractivity contribution in [3.63, 3.8) is 0 Å². The second-order valence-electron chi connectivity index (χ2n) is 3.45. The van der Waals surface area contributed by atoms with Gasteiger partial charge in [-0.15, -0.1) is 0 Å². The number of aromatic nitrogens is 2. The molecule has 1 N–H and O–H groups in total. The topological polar surface area (TPSA) is 37.8 Å². The van der Waals surface area contributed by atoms with Crippen LogP contribution in [0, 0.1) is 6.92 Å². The largest absolute Gasteiger partial charge is 0.385 e. The zero-order chi connectivity index (χ0) is 11.5. The second-order valence-corrected chi connectivity index (χ2v) is 3.89. The summed E-state index contributed by atoms with van der Waals surface area (Å²) in [6, 6.07) is 7.50. The van der Waals surface area contributed by atoms with E-state index in [4.69, 9.17) is 11.6 Å². The normalized spacial score (nSPS) is 10.2. The van der Waals surface area contributed by atoms with E-state index >= 15 is 0 Å². The predicted molar refractivity (Wildman–Crippen MR) is 66.8 cm³/mol. The minimum absolute atomic E-state index is 0.715. The van der Waals surface area contributed by atoms with Crippen molar-refractivity contribution in [2.45, 2.75) is 6.92 Å². The molecule has 0 saturated carbocycles. The van der Waals surface area contributed by atoms with Crippen LogP contribution in [0.15, 0.2) is 30.5 Å². The molecule has 0 fully saturated rings. The molecule has 0 spiro atoms. The molecule has 0 radical (unpaired) electrons. The summed E-state index contributed by atoms with van der Waals surface area (Å²) in [5.41, 5.74) is 2.84. The van der Waals surface area contributed by atoms with Crippen molar-refractivity contribution < 1.29 is 0 Å². The summed E-state index contributed by atoms with van der Waals surface area (Å²) in [4.78, 5) is 8.72. The first-order valence-electron chi connectivity index (χ1n) is 4.98. The van der Waals surface area contributed by atoms with Gasteiger partial charge in [0.25, 0.3) is 0 Å². The van der Waals surface area contributed by atoms with Gasteiger partial charge in [-0.2, -0.15) is 0 Å². The van der Waals surface area contributed by atoms with Gasteiger partial charge in [-0.1, -0.05) is 11.6 Å². The van der Waals surface area contributed by atoms with Crippen LogP contribution in [0.1, 0.15) is 5.69 Å². The molecule has 3 nitrogen and oxygen atoms in total. The van der Waals surface area contributed by atoms with Gasteiger partial charge in [-0.25, -0.2) is 9.97 Å². The standard InChI is InChI=1S/C12H12ClN3/c1-8-11(14-2)7-15-12(16-8)9-3-5-10(13)6-4-9/h3-7,14H,1-2H3. The van der Waals surface area contributed by atoms with Crippen molar-refractivity contribution in [3.8, 4) is 11.4 Å². The van der Waals surface area contributed by atoms with Crippen molar-refractivity contribution in [2.75, 3.05) is 12.4 Å². The summed E-state index contributed by atoms with van der Waals surface area (Å²) in [5.74, 6) is 0.716. The Balaban J connectivity index is 2.41. The van der Waals surface area contributed by atoms with Gasteiger partial charge in [0, 0.05) is 17.6 Å². The number of halogens is 1. The number of hydrogen-bond acceptors (Lipinski definition) is 3. The summed E-state index contributed by atoms with van der Waals surface area (Å²) in [7, 11) is 1.85. The van der Waals surface area contributed by atoms with Gasteiger partial charge in [0.05, 0.1) is 17.6 Å². The fraction of sp³-hybridized carbons (Fsp3) is 0.167. The molecule has 0 amide bonds. The Labute approximate surface area is 99.5 Å². The number of rotatable bonds is 2. The van der Waals surface area contributed by atoms with Crippen LogP contribution in [0.25, 0.3) is 11.4 Å². The smallest absolute Gasteiger partial charge is 0.159 e. The molecule has 0 aliphatic rings. The number of benzene rings is 1. The maximum atomic E-state index is 5.83. The van der Waals surface area contributed by atoms with E-state index in [0.717, 1.165) is 16.9 Å². The molecule has 0 atom stereocenters. The zero-order valence-corrected chi connectivity index (χ0v) is 9.92. The van der Waals surface area contributed by atoms with E-state index in [1.165, 1.54) is 0 Å². The number of aryl methyl sites for hydroxylation is 1. The summed E-state index contributed by atoms with van der Waals surface area (Å²) in [6.07, 6.45) is 1.78. The van der Waals surface area contributed by atoms with Crippen molar-refractivity contribution in [1.29, 1.82) is 0 Å². The Morgan fingerprint density at radius 3 is 2.44 bits per heavy atom. The summed E-state index contributed by atoms with van der Waals surface area (Å²) < 4.78 is 0. The highest BCUT2D eigenvalue weighted by Gasteiger charge is 2.04. The van der Waals surface area contributed by atoms with E-state index in [0.29, 0.717) is 10.8 Å². The third-order valence-electron chi connectivity index (χ3n) is 2.35. The lowest BCUT2D eigenvalue weighted by Crippen LogP contribution is -1.98. The van der Waals surface area contributed by atoms with Crippen LogP contribution in [0.2, 0.25) is 5.02 Å². The van der Waals surface area contributed by atoms with E-state index in [-0.39, 0.29) is 0 Å². The minimum Gasteiger partial charge on any atom is -0.385 e. The molecule has 0 aliphatic heterocycles. The first-order chi connectivity index (χ1) is 7.70. The minimum atomic E-state index is 0.715. The molecular weight excluding hydrogens is 222 g/mol. The first-order valence-corrected chi connectivity index (χ1v) is 5.36. The lowest BCUT2D eigenvalue weighted by atomic mass is 10.2. The maximum Gasteiger partial charge on any atom is 0.159 e. The van der Waals surface area contributed by atoms with Crippen LogP contribution in [0.4, 0.5) is 5.69 Å².